The van der Waals surface area contributed by atoms with E-state index >= 15 is 0 Å². The van der Waals surface area contributed by atoms with Crippen molar-refractivity contribution in [1.29, 1.82) is 0 Å². The maximum atomic E-state index is 6.09. The van der Waals surface area contributed by atoms with E-state index in [1.165, 1.54) is 5.56 Å². The average molecular weight is 236 g/mol. The molecule has 1 fully saturated rings. The first-order valence-corrected chi connectivity index (χ1v) is 5.45. The summed E-state index contributed by atoms with van der Waals surface area (Å²) in [5.41, 5.74) is 1.18. The summed E-state index contributed by atoms with van der Waals surface area (Å²) >= 11 is 17.9. The molecule has 0 saturated heterocycles. The van der Waals surface area contributed by atoms with Crippen LogP contribution < -0.4 is 0 Å². The number of halogens is 3. The molecular weight excluding hydrogens is 226 g/mol. The first kappa shape index (κ1) is 9.64. The molecule has 0 spiro atoms. The molecule has 0 radical (unpaired) electrons. The predicted octanol–water partition coefficient (Wildman–Crippen LogP) is 3.81. The third-order valence-electron chi connectivity index (χ3n) is 2.53. The number of alkyl halides is 3. The third kappa shape index (κ3) is 1.56. The second-order valence-electron chi connectivity index (χ2n) is 3.32. The van der Waals surface area contributed by atoms with Gasteiger partial charge in [-0.2, -0.15) is 0 Å². The Morgan fingerprint density at radius 1 is 1.15 bits per heavy atom. The van der Waals surface area contributed by atoms with E-state index in [1.807, 2.05) is 30.3 Å². The number of rotatable bonds is 2. The second kappa shape index (κ2) is 3.34. The van der Waals surface area contributed by atoms with Crippen LogP contribution >= 0.6 is 34.8 Å². The highest BCUT2D eigenvalue weighted by atomic mass is 35.5. The summed E-state index contributed by atoms with van der Waals surface area (Å²) < 4.78 is -0.650. The normalized spacial score (nSPS) is 30.1. The minimum Gasteiger partial charge on any atom is -0.126 e. The Kier molecular flexibility index (Phi) is 2.48. The summed E-state index contributed by atoms with van der Waals surface area (Å²) in [5, 5.41) is 0. The van der Waals surface area contributed by atoms with Gasteiger partial charge in [0, 0.05) is 17.7 Å². The summed E-state index contributed by atoms with van der Waals surface area (Å²) in [6.07, 6.45) is 0. The van der Waals surface area contributed by atoms with Crippen LogP contribution in [-0.2, 0) is 0 Å². The molecule has 70 valence electrons. The zero-order chi connectivity index (χ0) is 9.47. The van der Waals surface area contributed by atoms with E-state index in [-0.39, 0.29) is 11.8 Å². The zero-order valence-electron chi connectivity index (χ0n) is 6.88. The lowest BCUT2D eigenvalue weighted by molar-refractivity contribution is 0.920. The van der Waals surface area contributed by atoms with E-state index in [4.69, 9.17) is 34.8 Å². The van der Waals surface area contributed by atoms with E-state index < -0.39 is 4.33 Å². The lowest BCUT2D eigenvalue weighted by atomic mass is 10.1. The summed E-state index contributed by atoms with van der Waals surface area (Å²) in [4.78, 5) is 0. The molecule has 1 aromatic rings. The van der Waals surface area contributed by atoms with Crippen LogP contribution in [0, 0.1) is 5.92 Å². The van der Waals surface area contributed by atoms with Crippen LogP contribution in [0.5, 0.6) is 0 Å². The lowest BCUT2D eigenvalue weighted by Gasteiger charge is -1.98. The van der Waals surface area contributed by atoms with Crippen LogP contribution in [0.2, 0.25) is 0 Å². The van der Waals surface area contributed by atoms with Gasteiger partial charge in [-0.05, 0) is 5.56 Å². The second-order valence-corrected chi connectivity index (χ2v) is 5.08. The van der Waals surface area contributed by atoms with E-state index in [2.05, 4.69) is 0 Å². The van der Waals surface area contributed by atoms with Crippen molar-refractivity contribution in [2.75, 3.05) is 5.88 Å². The molecule has 0 heterocycles. The van der Waals surface area contributed by atoms with E-state index in [9.17, 15) is 0 Å². The van der Waals surface area contributed by atoms with Crippen molar-refractivity contribution in [3.63, 3.8) is 0 Å². The molecule has 1 aliphatic rings. The van der Waals surface area contributed by atoms with Gasteiger partial charge >= 0.3 is 0 Å². The minimum absolute atomic E-state index is 0.194. The van der Waals surface area contributed by atoms with Gasteiger partial charge in [-0.15, -0.1) is 34.8 Å². The molecule has 1 saturated carbocycles. The van der Waals surface area contributed by atoms with Gasteiger partial charge < -0.3 is 0 Å². The molecule has 2 atom stereocenters. The average Bonchev–Trinajstić information content (AvgIpc) is 2.69. The zero-order valence-corrected chi connectivity index (χ0v) is 9.15. The maximum absolute atomic E-state index is 6.09. The van der Waals surface area contributed by atoms with E-state index in [0.29, 0.717) is 5.88 Å². The molecule has 0 bridgehead atoms. The first-order valence-electron chi connectivity index (χ1n) is 4.16. The van der Waals surface area contributed by atoms with Crippen molar-refractivity contribution in [2.45, 2.75) is 10.3 Å². The fraction of sp³-hybridized carbons (Fsp3) is 0.400. The Hall–Kier alpha value is 0.0900. The third-order valence-corrected chi connectivity index (χ3v) is 3.89. The van der Waals surface area contributed by atoms with Crippen LogP contribution in [0.15, 0.2) is 30.3 Å². The van der Waals surface area contributed by atoms with Crippen molar-refractivity contribution >= 4 is 34.8 Å². The van der Waals surface area contributed by atoms with Crippen molar-refractivity contribution < 1.29 is 0 Å². The van der Waals surface area contributed by atoms with Gasteiger partial charge in [0.15, 0.2) is 0 Å². The van der Waals surface area contributed by atoms with Gasteiger partial charge in [-0.25, -0.2) is 0 Å². The number of benzene rings is 1. The predicted molar refractivity (Wildman–Crippen MR) is 57.8 cm³/mol. The first-order chi connectivity index (χ1) is 6.18. The van der Waals surface area contributed by atoms with Crippen molar-refractivity contribution in [2.24, 2.45) is 5.92 Å². The molecule has 0 nitrogen and oxygen atoms in total. The van der Waals surface area contributed by atoms with Gasteiger partial charge in [0.25, 0.3) is 0 Å². The summed E-state index contributed by atoms with van der Waals surface area (Å²) in [6, 6.07) is 10.0. The van der Waals surface area contributed by atoms with Gasteiger partial charge in [-0.3, -0.25) is 0 Å². The molecule has 0 amide bonds. The van der Waals surface area contributed by atoms with Crippen LogP contribution in [-0.4, -0.2) is 10.2 Å². The smallest absolute Gasteiger partial charge is 0.126 e. The Morgan fingerprint density at radius 2 is 1.77 bits per heavy atom. The Balaban J connectivity index is 2.22. The molecule has 0 aliphatic heterocycles. The molecule has 1 aliphatic carbocycles. The fourth-order valence-electron chi connectivity index (χ4n) is 1.70. The quantitative estimate of drug-likeness (QED) is 0.684. The highest BCUT2D eigenvalue weighted by Gasteiger charge is 2.62. The largest absolute Gasteiger partial charge is 0.130 e. The molecule has 3 heteroatoms. The van der Waals surface area contributed by atoms with Crippen LogP contribution in [0.4, 0.5) is 0 Å². The SMILES string of the molecule is ClC[C@@H]1[C@H](c2ccccc2)C1(Cl)Cl. The van der Waals surface area contributed by atoms with E-state index in [1.54, 1.807) is 0 Å². The van der Waals surface area contributed by atoms with Crippen LogP contribution in [0.3, 0.4) is 0 Å². The molecule has 0 unspecified atom stereocenters. The Labute approximate surface area is 92.8 Å². The fourth-order valence-corrected chi connectivity index (χ4v) is 3.11. The Morgan fingerprint density at radius 3 is 2.23 bits per heavy atom. The molecule has 0 aromatic heterocycles. The highest BCUT2D eigenvalue weighted by Crippen LogP contribution is 2.65. The van der Waals surface area contributed by atoms with Crippen LogP contribution in [0.25, 0.3) is 0 Å². The molecule has 13 heavy (non-hydrogen) atoms. The van der Waals surface area contributed by atoms with Gasteiger partial charge in [0.1, 0.15) is 4.33 Å². The number of hydrogen-bond acceptors (Lipinski definition) is 0. The monoisotopic (exact) mass is 234 g/mol. The standard InChI is InChI=1S/C10H9Cl3/c11-6-8-9(10(8,12)13)7-4-2-1-3-5-7/h1-5,8-9H,6H2/t8-,9+/m1/s1. The lowest BCUT2D eigenvalue weighted by Crippen LogP contribution is -1.90. The molecule has 2 rings (SSSR count). The molecule has 1 aromatic carbocycles. The van der Waals surface area contributed by atoms with Gasteiger partial charge in [0.05, 0.1) is 0 Å². The topological polar surface area (TPSA) is 0 Å². The van der Waals surface area contributed by atoms with Gasteiger partial charge in [-0.1, -0.05) is 30.3 Å². The minimum atomic E-state index is -0.650. The molecular formula is C10H9Cl3. The van der Waals surface area contributed by atoms with Crippen LogP contribution in [0.1, 0.15) is 11.5 Å². The van der Waals surface area contributed by atoms with Crippen molar-refractivity contribution in [1.82, 2.24) is 0 Å². The molecule has 0 N–H and O–H groups in total. The number of hydrogen-bond donors (Lipinski definition) is 0. The maximum Gasteiger partial charge on any atom is 0.130 e. The Bertz CT molecular complexity index is 294. The van der Waals surface area contributed by atoms with E-state index in [0.717, 1.165) is 0 Å². The van der Waals surface area contributed by atoms with Crippen molar-refractivity contribution in [3.05, 3.63) is 35.9 Å². The van der Waals surface area contributed by atoms with Crippen molar-refractivity contribution in [3.8, 4) is 0 Å². The summed E-state index contributed by atoms with van der Waals surface area (Å²) in [5.74, 6) is 0.918. The summed E-state index contributed by atoms with van der Waals surface area (Å²) in [6.45, 7) is 0. The van der Waals surface area contributed by atoms with Gasteiger partial charge in [0.2, 0.25) is 0 Å². The summed E-state index contributed by atoms with van der Waals surface area (Å²) in [7, 11) is 0. The highest BCUT2D eigenvalue weighted by molar-refractivity contribution is 6.52.